The summed E-state index contributed by atoms with van der Waals surface area (Å²) in [7, 11) is -3.40. The topological polar surface area (TPSA) is 92.5 Å². The van der Waals surface area contributed by atoms with Crippen LogP contribution in [0.4, 0.5) is 0 Å². The van der Waals surface area contributed by atoms with Crippen LogP contribution >= 0.6 is 12.4 Å². The van der Waals surface area contributed by atoms with E-state index >= 15 is 0 Å². The number of piperidine rings is 1. The zero-order chi connectivity index (χ0) is 17.9. The van der Waals surface area contributed by atoms with Crippen molar-refractivity contribution in [2.24, 2.45) is 17.6 Å². The lowest BCUT2D eigenvalue weighted by Crippen LogP contribution is -2.42. The van der Waals surface area contributed by atoms with E-state index in [9.17, 15) is 13.2 Å². The molecule has 0 spiro atoms. The molecule has 0 aromatic heterocycles. The molecule has 1 aromatic carbocycles. The van der Waals surface area contributed by atoms with Crippen LogP contribution < -0.4 is 11.1 Å². The Morgan fingerprint density at radius 1 is 1.12 bits per heavy atom. The summed E-state index contributed by atoms with van der Waals surface area (Å²) in [6.07, 6.45) is 4.13. The second-order valence-corrected chi connectivity index (χ2v) is 9.11. The van der Waals surface area contributed by atoms with Crippen molar-refractivity contribution in [3.8, 4) is 0 Å². The Morgan fingerprint density at radius 2 is 1.77 bits per heavy atom. The molecule has 1 aliphatic heterocycles. The third-order valence-electron chi connectivity index (χ3n) is 5.36. The van der Waals surface area contributed by atoms with Crippen LogP contribution in [-0.2, 0) is 14.8 Å². The first kappa shape index (κ1) is 21.2. The van der Waals surface area contributed by atoms with Crippen LogP contribution in [0.25, 0.3) is 0 Å². The van der Waals surface area contributed by atoms with Gasteiger partial charge in [0.2, 0.25) is 15.9 Å². The summed E-state index contributed by atoms with van der Waals surface area (Å²) in [5, 5.41) is 3.04. The Balaban J connectivity index is 0.00000243. The van der Waals surface area contributed by atoms with E-state index in [1.165, 1.54) is 0 Å². The summed E-state index contributed by atoms with van der Waals surface area (Å²) < 4.78 is 26.8. The number of carbonyl (C=O) groups is 1. The van der Waals surface area contributed by atoms with Crippen LogP contribution in [0, 0.1) is 11.8 Å². The first-order valence-electron chi connectivity index (χ1n) is 9.05. The number of sulfonamides is 1. The zero-order valence-corrected chi connectivity index (χ0v) is 16.5. The summed E-state index contributed by atoms with van der Waals surface area (Å²) in [6, 6.07) is 8.71. The summed E-state index contributed by atoms with van der Waals surface area (Å²) >= 11 is 0. The fourth-order valence-electron chi connectivity index (χ4n) is 3.74. The van der Waals surface area contributed by atoms with Crippen LogP contribution in [-0.4, -0.2) is 44.3 Å². The molecule has 2 aliphatic rings. The van der Waals surface area contributed by atoms with Gasteiger partial charge in [0.25, 0.3) is 0 Å². The number of benzene rings is 1. The first-order chi connectivity index (χ1) is 12.0. The minimum atomic E-state index is -3.40. The van der Waals surface area contributed by atoms with Gasteiger partial charge in [0.1, 0.15) is 0 Å². The molecule has 1 saturated carbocycles. The van der Waals surface area contributed by atoms with E-state index in [0.29, 0.717) is 30.4 Å². The average Bonchev–Trinajstić information content (AvgIpc) is 3.07. The first-order valence-corrected chi connectivity index (χ1v) is 10.5. The molecule has 6 nitrogen and oxygen atoms in total. The van der Waals surface area contributed by atoms with E-state index in [1.807, 2.05) is 6.07 Å². The molecule has 3 N–H and O–H groups in total. The van der Waals surface area contributed by atoms with E-state index < -0.39 is 10.0 Å². The summed E-state index contributed by atoms with van der Waals surface area (Å²) in [4.78, 5) is 12.5. The number of nitrogens with two attached hydrogens (primary N) is 1. The minimum absolute atomic E-state index is 0. The van der Waals surface area contributed by atoms with Crippen molar-refractivity contribution in [1.29, 1.82) is 0 Å². The number of rotatable bonds is 5. The Kier molecular flexibility index (Phi) is 7.46. The molecule has 1 aliphatic carbocycles. The molecule has 0 bridgehead atoms. The largest absolute Gasteiger partial charge is 0.356 e. The predicted molar refractivity (Wildman–Crippen MR) is 103 cm³/mol. The molecule has 1 heterocycles. The van der Waals surface area contributed by atoms with Gasteiger partial charge in [0.05, 0.1) is 4.90 Å². The number of carbonyl (C=O) groups excluding carboxylic acids is 1. The molecule has 26 heavy (non-hydrogen) atoms. The van der Waals surface area contributed by atoms with Crippen LogP contribution in [0.2, 0.25) is 0 Å². The van der Waals surface area contributed by atoms with Crippen molar-refractivity contribution in [1.82, 2.24) is 9.62 Å². The van der Waals surface area contributed by atoms with Crippen molar-refractivity contribution in [3.63, 3.8) is 0 Å². The van der Waals surface area contributed by atoms with Gasteiger partial charge in [-0.3, -0.25) is 4.79 Å². The van der Waals surface area contributed by atoms with Crippen molar-refractivity contribution in [2.45, 2.75) is 43.0 Å². The maximum atomic E-state index is 12.6. The zero-order valence-electron chi connectivity index (χ0n) is 14.8. The second kappa shape index (κ2) is 9.17. The maximum Gasteiger partial charge on any atom is 0.243 e. The quantitative estimate of drug-likeness (QED) is 0.786. The van der Waals surface area contributed by atoms with Gasteiger partial charge in [-0.05, 0) is 50.2 Å². The van der Waals surface area contributed by atoms with E-state index in [0.717, 1.165) is 32.1 Å². The third-order valence-corrected chi connectivity index (χ3v) is 7.28. The molecule has 146 valence electrons. The van der Waals surface area contributed by atoms with Crippen LogP contribution in [0.1, 0.15) is 32.1 Å². The maximum absolute atomic E-state index is 12.6. The summed E-state index contributed by atoms with van der Waals surface area (Å²) in [6.45, 7) is 1.64. The Morgan fingerprint density at radius 3 is 2.35 bits per heavy atom. The minimum Gasteiger partial charge on any atom is -0.356 e. The highest BCUT2D eigenvalue weighted by molar-refractivity contribution is 7.89. The molecule has 1 amide bonds. The van der Waals surface area contributed by atoms with Crippen molar-refractivity contribution < 1.29 is 13.2 Å². The molecule has 2 fully saturated rings. The smallest absolute Gasteiger partial charge is 0.243 e. The van der Waals surface area contributed by atoms with E-state index in [-0.39, 0.29) is 30.3 Å². The Labute approximate surface area is 162 Å². The lowest BCUT2D eigenvalue weighted by Gasteiger charge is -2.31. The number of amides is 1. The summed E-state index contributed by atoms with van der Waals surface area (Å²) in [5.74, 6) is 0.488. The lowest BCUT2D eigenvalue weighted by molar-refractivity contribution is -0.125. The average molecular weight is 402 g/mol. The normalized spacial score (nSPS) is 24.8. The molecule has 3 rings (SSSR count). The van der Waals surface area contributed by atoms with Gasteiger partial charge in [-0.25, -0.2) is 8.42 Å². The van der Waals surface area contributed by atoms with E-state index in [2.05, 4.69) is 5.32 Å². The molecule has 2 unspecified atom stereocenters. The van der Waals surface area contributed by atoms with Crippen molar-refractivity contribution >= 4 is 28.3 Å². The number of nitrogens with one attached hydrogen (secondary N) is 1. The number of hydrogen-bond donors (Lipinski definition) is 2. The summed E-state index contributed by atoms with van der Waals surface area (Å²) in [5.41, 5.74) is 5.86. The SMILES string of the molecule is Cl.NC1CCC(C(=O)NCC2CCN(S(=O)(=O)c3ccccc3)CC2)C1. The Hall–Kier alpha value is -1.15. The van der Waals surface area contributed by atoms with Gasteiger partial charge in [0.15, 0.2) is 0 Å². The molecule has 0 radical (unpaired) electrons. The lowest BCUT2D eigenvalue weighted by atomic mass is 9.97. The van der Waals surface area contributed by atoms with Gasteiger partial charge in [0, 0.05) is 31.6 Å². The molecule has 2 atom stereocenters. The third kappa shape index (κ3) is 4.97. The second-order valence-electron chi connectivity index (χ2n) is 7.18. The molecule has 1 aromatic rings. The van der Waals surface area contributed by atoms with Crippen LogP contribution in [0.5, 0.6) is 0 Å². The highest BCUT2D eigenvalue weighted by Gasteiger charge is 2.31. The highest BCUT2D eigenvalue weighted by Crippen LogP contribution is 2.25. The van der Waals surface area contributed by atoms with Gasteiger partial charge >= 0.3 is 0 Å². The number of halogens is 1. The fourth-order valence-corrected chi connectivity index (χ4v) is 5.23. The fraction of sp³-hybridized carbons (Fsp3) is 0.611. The number of nitrogens with zero attached hydrogens (tertiary/aromatic N) is 1. The van der Waals surface area contributed by atoms with E-state index in [1.54, 1.807) is 28.6 Å². The molecular weight excluding hydrogens is 374 g/mol. The van der Waals surface area contributed by atoms with Crippen molar-refractivity contribution in [3.05, 3.63) is 30.3 Å². The van der Waals surface area contributed by atoms with E-state index in [4.69, 9.17) is 5.73 Å². The predicted octanol–water partition coefficient (Wildman–Crippen LogP) is 1.75. The standard InChI is InChI=1S/C18H27N3O3S.ClH/c19-16-7-6-15(12-16)18(22)20-13-14-8-10-21(11-9-14)25(23,24)17-4-2-1-3-5-17;/h1-5,14-16H,6-13,19H2,(H,20,22);1H. The molecule has 1 saturated heterocycles. The van der Waals surface area contributed by atoms with Crippen LogP contribution in [0.3, 0.4) is 0 Å². The Bertz CT molecular complexity index is 691. The molecule has 8 heteroatoms. The van der Waals surface area contributed by atoms with Crippen molar-refractivity contribution in [2.75, 3.05) is 19.6 Å². The van der Waals surface area contributed by atoms with Gasteiger partial charge in [-0.1, -0.05) is 18.2 Å². The molecular formula is C18H28ClN3O3S. The monoisotopic (exact) mass is 401 g/mol. The van der Waals surface area contributed by atoms with Gasteiger partial charge in [-0.2, -0.15) is 4.31 Å². The highest BCUT2D eigenvalue weighted by atomic mass is 35.5. The van der Waals surface area contributed by atoms with Crippen LogP contribution in [0.15, 0.2) is 35.2 Å². The van der Waals surface area contributed by atoms with Gasteiger partial charge < -0.3 is 11.1 Å². The van der Waals surface area contributed by atoms with Gasteiger partial charge in [-0.15, -0.1) is 12.4 Å². The number of hydrogen-bond acceptors (Lipinski definition) is 4.